The van der Waals surface area contributed by atoms with Gasteiger partial charge in [-0.15, -0.1) is 0 Å². The zero-order valence-electron chi connectivity index (χ0n) is 11.8. The molecule has 0 radical (unpaired) electrons. The van der Waals surface area contributed by atoms with E-state index in [9.17, 15) is 5.26 Å². The van der Waals surface area contributed by atoms with Crippen LogP contribution in [0.1, 0.15) is 62.3 Å². The summed E-state index contributed by atoms with van der Waals surface area (Å²) in [7, 11) is 0. The molecule has 102 valence electrons. The zero-order chi connectivity index (χ0) is 13.5. The Hall–Kier alpha value is -1.56. The summed E-state index contributed by atoms with van der Waals surface area (Å²) in [6.07, 6.45) is 9.52. The highest BCUT2D eigenvalue weighted by molar-refractivity contribution is 5.54. The van der Waals surface area contributed by atoms with Gasteiger partial charge in [0, 0.05) is 12.2 Å². The molecule has 1 N–H and O–H groups in total. The summed E-state index contributed by atoms with van der Waals surface area (Å²) >= 11 is 0. The lowest BCUT2D eigenvalue weighted by Crippen LogP contribution is -2.11. The SMILES string of the molecule is CCCCCCNc1nc2c(cc1C#N)CCCC2. The van der Waals surface area contributed by atoms with Crippen LogP contribution in [-0.4, -0.2) is 11.5 Å². The molecule has 0 unspecified atom stereocenters. The summed E-state index contributed by atoms with van der Waals surface area (Å²) in [5, 5.41) is 12.6. The lowest BCUT2D eigenvalue weighted by molar-refractivity contribution is 0.665. The van der Waals surface area contributed by atoms with Crippen molar-refractivity contribution in [3.63, 3.8) is 0 Å². The minimum atomic E-state index is 0.705. The molecule has 2 rings (SSSR count). The van der Waals surface area contributed by atoms with E-state index in [1.54, 1.807) is 0 Å². The number of unbranched alkanes of at least 4 members (excludes halogenated alkanes) is 3. The van der Waals surface area contributed by atoms with Gasteiger partial charge in [-0.25, -0.2) is 4.98 Å². The number of rotatable bonds is 6. The fourth-order valence-corrected chi connectivity index (χ4v) is 2.61. The molecule has 0 bridgehead atoms. The highest BCUT2D eigenvalue weighted by atomic mass is 15.0. The number of hydrogen-bond donors (Lipinski definition) is 1. The Balaban J connectivity index is 2.01. The Morgan fingerprint density at radius 1 is 1.26 bits per heavy atom. The summed E-state index contributed by atoms with van der Waals surface area (Å²) in [6.45, 7) is 3.13. The van der Waals surface area contributed by atoms with E-state index in [1.807, 2.05) is 6.07 Å². The monoisotopic (exact) mass is 257 g/mol. The minimum absolute atomic E-state index is 0.705. The Bertz CT molecular complexity index is 460. The molecule has 0 aromatic carbocycles. The Morgan fingerprint density at radius 3 is 2.89 bits per heavy atom. The first-order valence-electron chi connectivity index (χ1n) is 7.52. The number of pyridine rings is 1. The van der Waals surface area contributed by atoms with Crippen LogP contribution >= 0.6 is 0 Å². The normalized spacial score (nSPS) is 13.7. The lowest BCUT2D eigenvalue weighted by Gasteiger charge is -2.17. The molecule has 0 saturated heterocycles. The standard InChI is InChI=1S/C16H23N3/c1-2-3-4-7-10-18-16-14(12-17)11-13-8-5-6-9-15(13)19-16/h11H,2-10H2,1H3,(H,18,19). The Kier molecular flexibility index (Phi) is 5.20. The predicted octanol–water partition coefficient (Wildman–Crippen LogP) is 3.82. The van der Waals surface area contributed by atoms with Crippen LogP contribution in [0.5, 0.6) is 0 Å². The molecule has 0 saturated carbocycles. The van der Waals surface area contributed by atoms with Crippen molar-refractivity contribution < 1.29 is 0 Å². The molecule has 1 aliphatic rings. The topological polar surface area (TPSA) is 48.7 Å². The Morgan fingerprint density at radius 2 is 2.11 bits per heavy atom. The molecule has 0 amide bonds. The quantitative estimate of drug-likeness (QED) is 0.788. The first-order valence-corrected chi connectivity index (χ1v) is 7.52. The van der Waals surface area contributed by atoms with Crippen LogP contribution in [0.2, 0.25) is 0 Å². The molecule has 1 aromatic rings. The molecule has 0 aliphatic heterocycles. The second-order valence-corrected chi connectivity index (χ2v) is 5.30. The number of hydrogen-bond acceptors (Lipinski definition) is 3. The largest absolute Gasteiger partial charge is 0.369 e. The smallest absolute Gasteiger partial charge is 0.144 e. The van der Waals surface area contributed by atoms with Crippen molar-refractivity contribution in [1.29, 1.82) is 5.26 Å². The molecule has 3 nitrogen and oxygen atoms in total. The molecule has 1 heterocycles. The van der Waals surface area contributed by atoms with Crippen LogP contribution in [0, 0.1) is 11.3 Å². The average Bonchev–Trinajstić information content (AvgIpc) is 2.46. The molecule has 1 aromatic heterocycles. The van der Waals surface area contributed by atoms with Crippen LogP contribution < -0.4 is 5.32 Å². The molecule has 19 heavy (non-hydrogen) atoms. The predicted molar refractivity (Wildman–Crippen MR) is 78.2 cm³/mol. The van der Waals surface area contributed by atoms with Crippen LogP contribution in [0.4, 0.5) is 5.82 Å². The van der Waals surface area contributed by atoms with E-state index < -0.39 is 0 Å². The second kappa shape index (κ2) is 7.13. The average molecular weight is 257 g/mol. The summed E-state index contributed by atoms with van der Waals surface area (Å²) in [6, 6.07) is 4.31. The van der Waals surface area contributed by atoms with E-state index in [-0.39, 0.29) is 0 Å². The first-order chi connectivity index (χ1) is 9.35. The maximum Gasteiger partial charge on any atom is 0.144 e. The van der Waals surface area contributed by atoms with Crippen molar-refractivity contribution in [2.45, 2.75) is 58.3 Å². The lowest BCUT2D eigenvalue weighted by atomic mass is 9.95. The van der Waals surface area contributed by atoms with Crippen molar-refractivity contribution in [3.05, 3.63) is 22.9 Å². The molecular formula is C16H23N3. The number of aryl methyl sites for hydroxylation is 2. The van der Waals surface area contributed by atoms with Gasteiger partial charge in [0.2, 0.25) is 0 Å². The maximum absolute atomic E-state index is 9.23. The molecule has 3 heteroatoms. The van der Waals surface area contributed by atoms with Crippen LogP contribution in [0.15, 0.2) is 6.07 Å². The van der Waals surface area contributed by atoms with Gasteiger partial charge < -0.3 is 5.32 Å². The van der Waals surface area contributed by atoms with Gasteiger partial charge >= 0.3 is 0 Å². The van der Waals surface area contributed by atoms with E-state index in [1.165, 1.54) is 43.4 Å². The van der Waals surface area contributed by atoms with Gasteiger partial charge in [0.05, 0.1) is 5.56 Å². The zero-order valence-corrected chi connectivity index (χ0v) is 11.8. The molecule has 0 fully saturated rings. The number of nitrogens with zero attached hydrogens (tertiary/aromatic N) is 2. The van der Waals surface area contributed by atoms with Crippen molar-refractivity contribution in [3.8, 4) is 6.07 Å². The van der Waals surface area contributed by atoms with Gasteiger partial charge in [-0.05, 0) is 43.7 Å². The van der Waals surface area contributed by atoms with E-state index >= 15 is 0 Å². The van der Waals surface area contributed by atoms with E-state index in [4.69, 9.17) is 0 Å². The number of nitrogens with one attached hydrogen (secondary N) is 1. The third kappa shape index (κ3) is 3.70. The van der Waals surface area contributed by atoms with Crippen molar-refractivity contribution in [2.75, 3.05) is 11.9 Å². The van der Waals surface area contributed by atoms with Crippen LogP contribution in [-0.2, 0) is 12.8 Å². The van der Waals surface area contributed by atoms with Crippen molar-refractivity contribution >= 4 is 5.82 Å². The van der Waals surface area contributed by atoms with Crippen molar-refractivity contribution in [1.82, 2.24) is 4.98 Å². The number of anilines is 1. The highest BCUT2D eigenvalue weighted by Crippen LogP contribution is 2.24. The summed E-state index contributed by atoms with van der Waals surface area (Å²) in [4.78, 5) is 4.67. The van der Waals surface area contributed by atoms with E-state index in [2.05, 4.69) is 23.3 Å². The first kappa shape index (κ1) is 13.9. The molecule has 0 atom stereocenters. The van der Waals surface area contributed by atoms with Gasteiger partial charge in [-0.2, -0.15) is 5.26 Å². The molecule has 0 spiro atoms. The molecule has 1 aliphatic carbocycles. The fraction of sp³-hybridized carbons (Fsp3) is 0.625. The van der Waals surface area contributed by atoms with Gasteiger partial charge in [0.25, 0.3) is 0 Å². The number of fused-ring (bicyclic) bond motifs is 1. The van der Waals surface area contributed by atoms with Crippen LogP contribution in [0.3, 0.4) is 0 Å². The third-order valence-electron chi connectivity index (χ3n) is 3.74. The molecular weight excluding hydrogens is 234 g/mol. The van der Waals surface area contributed by atoms with Gasteiger partial charge in [-0.3, -0.25) is 0 Å². The maximum atomic E-state index is 9.23. The van der Waals surface area contributed by atoms with Gasteiger partial charge in [0.1, 0.15) is 11.9 Å². The minimum Gasteiger partial charge on any atom is -0.369 e. The van der Waals surface area contributed by atoms with Gasteiger partial charge in [0.15, 0.2) is 0 Å². The highest BCUT2D eigenvalue weighted by Gasteiger charge is 2.14. The Labute approximate surface area is 116 Å². The number of aromatic nitrogens is 1. The van der Waals surface area contributed by atoms with Gasteiger partial charge in [-0.1, -0.05) is 26.2 Å². The summed E-state index contributed by atoms with van der Waals surface area (Å²) < 4.78 is 0. The van der Waals surface area contributed by atoms with E-state index in [0.717, 1.165) is 31.6 Å². The van der Waals surface area contributed by atoms with Crippen molar-refractivity contribution in [2.24, 2.45) is 0 Å². The number of nitriles is 1. The summed E-state index contributed by atoms with van der Waals surface area (Å²) in [5.41, 5.74) is 3.18. The second-order valence-electron chi connectivity index (χ2n) is 5.30. The summed E-state index contributed by atoms with van der Waals surface area (Å²) in [5.74, 6) is 0.791. The van der Waals surface area contributed by atoms with E-state index in [0.29, 0.717) is 5.56 Å². The fourth-order valence-electron chi connectivity index (χ4n) is 2.61. The van der Waals surface area contributed by atoms with Crippen LogP contribution in [0.25, 0.3) is 0 Å². The third-order valence-corrected chi connectivity index (χ3v) is 3.74.